The number of hydrogen-bond acceptors (Lipinski definition) is 5. The smallest absolute Gasteiger partial charge is 0.340 e. The maximum absolute atomic E-state index is 11.9. The van der Waals surface area contributed by atoms with Gasteiger partial charge in [0.05, 0.1) is 17.2 Å². The topological polar surface area (TPSA) is 105 Å². The van der Waals surface area contributed by atoms with Gasteiger partial charge in [0, 0.05) is 15.8 Å². The van der Waals surface area contributed by atoms with Crippen LogP contribution in [0.25, 0.3) is 0 Å². The van der Waals surface area contributed by atoms with Gasteiger partial charge in [-0.3, -0.25) is 4.79 Å². The van der Waals surface area contributed by atoms with E-state index in [0.29, 0.717) is 15.7 Å². The summed E-state index contributed by atoms with van der Waals surface area (Å²) in [6.45, 7) is -0.457. The van der Waals surface area contributed by atoms with Gasteiger partial charge in [0.2, 0.25) is 0 Å². The van der Waals surface area contributed by atoms with Crippen LogP contribution in [0.1, 0.15) is 15.9 Å². The fourth-order valence-electron chi connectivity index (χ4n) is 1.78. The predicted molar refractivity (Wildman–Crippen MR) is 88.6 cm³/mol. The minimum absolute atomic E-state index is 0.179. The largest absolute Gasteiger partial charge is 0.452 e. The number of rotatable bonds is 4. The number of nitrogen functional groups attached to an aromatic ring is 1. The summed E-state index contributed by atoms with van der Waals surface area (Å²) in [5, 5.41) is 11.3. The molecule has 0 spiro atoms. The van der Waals surface area contributed by atoms with Crippen LogP contribution in [0, 0.1) is 11.3 Å². The minimum Gasteiger partial charge on any atom is -0.452 e. The summed E-state index contributed by atoms with van der Waals surface area (Å²) in [6.07, 6.45) is 0. The fraction of sp³-hybridized carbons (Fsp3) is 0.0625. The number of amides is 1. The van der Waals surface area contributed by atoms with Crippen molar-refractivity contribution in [2.45, 2.75) is 0 Å². The second kappa shape index (κ2) is 7.42. The second-order valence-electron chi connectivity index (χ2n) is 4.55. The number of halogens is 1. The van der Waals surface area contributed by atoms with Crippen LogP contribution < -0.4 is 11.1 Å². The molecule has 0 aliphatic heterocycles. The number of nitrogens with two attached hydrogens (primary N) is 1. The molecule has 7 heteroatoms. The molecule has 116 valence electrons. The standard InChI is InChI=1S/C16H12BrN3O3/c17-11-4-5-14(19)13(7-11)16(22)23-9-15(21)20-12-3-1-2-10(6-12)8-18/h1-7H,9,19H2,(H,20,21). The highest BCUT2D eigenvalue weighted by Gasteiger charge is 2.14. The zero-order chi connectivity index (χ0) is 16.8. The van der Waals surface area contributed by atoms with Crippen molar-refractivity contribution >= 4 is 39.2 Å². The molecule has 23 heavy (non-hydrogen) atoms. The number of benzene rings is 2. The highest BCUT2D eigenvalue weighted by molar-refractivity contribution is 9.10. The summed E-state index contributed by atoms with van der Waals surface area (Å²) < 4.78 is 5.61. The Morgan fingerprint density at radius 1 is 1.26 bits per heavy atom. The van der Waals surface area contributed by atoms with Crippen LogP contribution >= 0.6 is 15.9 Å². The van der Waals surface area contributed by atoms with Gasteiger partial charge in [-0.05, 0) is 36.4 Å². The molecule has 0 saturated carbocycles. The van der Waals surface area contributed by atoms with Crippen molar-refractivity contribution < 1.29 is 14.3 Å². The van der Waals surface area contributed by atoms with Crippen molar-refractivity contribution in [3.8, 4) is 6.07 Å². The molecule has 1 amide bonds. The Kier molecular flexibility index (Phi) is 5.33. The summed E-state index contributed by atoms with van der Waals surface area (Å²) in [5.41, 5.74) is 7.01. The normalized spacial score (nSPS) is 9.74. The molecule has 0 unspecified atom stereocenters. The van der Waals surface area contributed by atoms with Gasteiger partial charge in [0.15, 0.2) is 6.61 Å². The second-order valence-corrected chi connectivity index (χ2v) is 5.46. The van der Waals surface area contributed by atoms with Gasteiger partial charge in [-0.2, -0.15) is 5.26 Å². The lowest BCUT2D eigenvalue weighted by Crippen LogP contribution is -2.21. The van der Waals surface area contributed by atoms with Crippen LogP contribution in [-0.4, -0.2) is 18.5 Å². The number of anilines is 2. The Morgan fingerprint density at radius 3 is 2.78 bits per heavy atom. The maximum Gasteiger partial charge on any atom is 0.340 e. The van der Waals surface area contributed by atoms with Crippen LogP contribution in [0.3, 0.4) is 0 Å². The number of carbonyl (C=O) groups is 2. The van der Waals surface area contributed by atoms with E-state index in [1.165, 1.54) is 12.1 Å². The molecule has 0 radical (unpaired) electrons. The van der Waals surface area contributed by atoms with Crippen molar-refractivity contribution in [2.24, 2.45) is 0 Å². The molecule has 0 bridgehead atoms. The summed E-state index contributed by atoms with van der Waals surface area (Å²) >= 11 is 3.23. The molecule has 6 nitrogen and oxygen atoms in total. The molecule has 0 aliphatic carbocycles. The number of nitrogens with one attached hydrogen (secondary N) is 1. The molecule has 0 aromatic heterocycles. The van der Waals surface area contributed by atoms with Gasteiger partial charge in [0.1, 0.15) is 0 Å². The van der Waals surface area contributed by atoms with Crippen LogP contribution in [0.4, 0.5) is 11.4 Å². The zero-order valence-electron chi connectivity index (χ0n) is 11.9. The van der Waals surface area contributed by atoms with Gasteiger partial charge in [0.25, 0.3) is 5.91 Å². The summed E-state index contributed by atoms with van der Waals surface area (Å²) in [4.78, 5) is 23.7. The molecule has 3 N–H and O–H groups in total. The molecular weight excluding hydrogens is 362 g/mol. The van der Waals surface area contributed by atoms with Crippen molar-refractivity contribution in [1.82, 2.24) is 0 Å². The predicted octanol–water partition coefficient (Wildman–Crippen LogP) is 2.70. The van der Waals surface area contributed by atoms with Crippen molar-refractivity contribution in [3.05, 3.63) is 58.1 Å². The van der Waals surface area contributed by atoms with Crippen LogP contribution in [0.5, 0.6) is 0 Å². The third-order valence-electron chi connectivity index (χ3n) is 2.85. The maximum atomic E-state index is 11.9. The van der Waals surface area contributed by atoms with Gasteiger partial charge in [-0.15, -0.1) is 0 Å². The third-order valence-corrected chi connectivity index (χ3v) is 3.34. The van der Waals surface area contributed by atoms with E-state index in [-0.39, 0.29) is 11.3 Å². The lowest BCUT2D eigenvalue weighted by molar-refractivity contribution is -0.119. The van der Waals surface area contributed by atoms with Gasteiger partial charge < -0.3 is 15.8 Å². The van der Waals surface area contributed by atoms with Crippen LogP contribution in [-0.2, 0) is 9.53 Å². The number of ether oxygens (including phenoxy) is 1. The van der Waals surface area contributed by atoms with E-state index in [4.69, 9.17) is 15.7 Å². The quantitative estimate of drug-likeness (QED) is 0.632. The van der Waals surface area contributed by atoms with Crippen LogP contribution in [0.2, 0.25) is 0 Å². The number of hydrogen-bond donors (Lipinski definition) is 2. The molecule has 0 heterocycles. The van der Waals surface area contributed by atoms with Crippen molar-refractivity contribution in [1.29, 1.82) is 5.26 Å². The average molecular weight is 374 g/mol. The summed E-state index contributed by atoms with van der Waals surface area (Å²) in [6, 6.07) is 13.2. The summed E-state index contributed by atoms with van der Waals surface area (Å²) in [5.74, 6) is -1.20. The highest BCUT2D eigenvalue weighted by Crippen LogP contribution is 2.19. The van der Waals surface area contributed by atoms with E-state index in [1.54, 1.807) is 30.3 Å². The summed E-state index contributed by atoms with van der Waals surface area (Å²) in [7, 11) is 0. The van der Waals surface area contributed by atoms with E-state index in [1.807, 2.05) is 6.07 Å². The molecule has 2 aromatic rings. The van der Waals surface area contributed by atoms with E-state index in [0.717, 1.165) is 0 Å². The number of esters is 1. The number of carbonyl (C=O) groups excluding carboxylic acids is 2. The lowest BCUT2D eigenvalue weighted by Gasteiger charge is -2.08. The molecular formula is C16H12BrN3O3. The Morgan fingerprint density at radius 2 is 2.04 bits per heavy atom. The van der Waals surface area contributed by atoms with Gasteiger partial charge in [-0.25, -0.2) is 4.79 Å². The average Bonchev–Trinajstić information content (AvgIpc) is 2.55. The van der Waals surface area contributed by atoms with E-state index in [2.05, 4.69) is 21.2 Å². The first kappa shape index (κ1) is 16.5. The highest BCUT2D eigenvalue weighted by atomic mass is 79.9. The first-order valence-corrected chi connectivity index (χ1v) is 7.31. The Labute approximate surface area is 141 Å². The number of nitrogens with zero attached hydrogens (tertiary/aromatic N) is 1. The third kappa shape index (κ3) is 4.56. The zero-order valence-corrected chi connectivity index (χ0v) is 13.5. The molecule has 2 rings (SSSR count). The molecule has 0 atom stereocenters. The van der Waals surface area contributed by atoms with E-state index < -0.39 is 18.5 Å². The lowest BCUT2D eigenvalue weighted by atomic mass is 10.2. The Hall–Kier alpha value is -2.85. The first-order chi connectivity index (χ1) is 11.0. The first-order valence-electron chi connectivity index (χ1n) is 6.52. The Balaban J connectivity index is 1.95. The van der Waals surface area contributed by atoms with E-state index >= 15 is 0 Å². The molecule has 0 aliphatic rings. The monoisotopic (exact) mass is 373 g/mol. The van der Waals surface area contributed by atoms with Gasteiger partial charge >= 0.3 is 5.97 Å². The SMILES string of the molecule is N#Cc1cccc(NC(=O)COC(=O)c2cc(Br)ccc2N)c1. The Bertz CT molecular complexity index is 799. The van der Waals surface area contributed by atoms with E-state index in [9.17, 15) is 9.59 Å². The fourth-order valence-corrected chi connectivity index (χ4v) is 2.14. The van der Waals surface area contributed by atoms with Crippen molar-refractivity contribution in [3.63, 3.8) is 0 Å². The minimum atomic E-state index is -0.690. The molecule has 0 saturated heterocycles. The molecule has 2 aromatic carbocycles. The van der Waals surface area contributed by atoms with Gasteiger partial charge in [-0.1, -0.05) is 22.0 Å². The van der Waals surface area contributed by atoms with Crippen LogP contribution in [0.15, 0.2) is 46.9 Å². The van der Waals surface area contributed by atoms with Crippen molar-refractivity contribution in [2.75, 3.05) is 17.7 Å². The number of nitriles is 1. The molecule has 0 fully saturated rings.